The van der Waals surface area contributed by atoms with E-state index >= 15 is 0 Å². The van der Waals surface area contributed by atoms with E-state index in [2.05, 4.69) is 5.32 Å². The minimum Gasteiger partial charge on any atom is -0.350 e. The second-order valence-corrected chi connectivity index (χ2v) is 5.48. The van der Waals surface area contributed by atoms with E-state index in [1.807, 2.05) is 0 Å². The maximum Gasteiger partial charge on any atom is 0.322 e. The molecule has 7 heteroatoms. The van der Waals surface area contributed by atoms with Crippen molar-refractivity contribution in [3.05, 3.63) is 29.8 Å². The van der Waals surface area contributed by atoms with Crippen molar-refractivity contribution >= 4 is 11.7 Å². The summed E-state index contributed by atoms with van der Waals surface area (Å²) in [6.45, 7) is 2.16. The molecule has 0 radical (unpaired) electrons. The first-order chi connectivity index (χ1) is 10.6. The third-order valence-electron chi connectivity index (χ3n) is 4.03. The largest absolute Gasteiger partial charge is 0.350 e. The number of carbonyl (C=O) groups is 1. The number of amides is 2. The minimum absolute atomic E-state index is 0.419. The molecule has 0 unspecified atom stereocenters. The van der Waals surface area contributed by atoms with E-state index in [1.165, 1.54) is 11.0 Å². The maximum absolute atomic E-state index is 13.6. The SMILES string of the molecule is O=C(Nc1c(F)cccc1F)N1CCC2(CC1)OCCCO2. The summed E-state index contributed by atoms with van der Waals surface area (Å²) in [4.78, 5) is 13.7. The van der Waals surface area contributed by atoms with Crippen LogP contribution in [-0.2, 0) is 9.47 Å². The fourth-order valence-electron chi connectivity index (χ4n) is 2.76. The molecule has 1 aromatic rings. The molecule has 3 rings (SSSR count). The molecular formula is C15H18F2N2O3. The van der Waals surface area contributed by atoms with Crippen LogP contribution in [-0.4, -0.2) is 43.0 Å². The Bertz CT molecular complexity index is 531. The van der Waals surface area contributed by atoms with Crippen LogP contribution in [0, 0.1) is 11.6 Å². The molecule has 2 aliphatic rings. The molecule has 5 nitrogen and oxygen atoms in total. The number of nitrogens with zero attached hydrogens (tertiary/aromatic N) is 1. The Hall–Kier alpha value is -1.73. The van der Waals surface area contributed by atoms with Crippen LogP contribution in [0.25, 0.3) is 0 Å². The average Bonchev–Trinajstić information content (AvgIpc) is 2.52. The quantitative estimate of drug-likeness (QED) is 0.867. The molecule has 22 heavy (non-hydrogen) atoms. The zero-order valence-corrected chi connectivity index (χ0v) is 12.1. The van der Waals surface area contributed by atoms with Gasteiger partial charge >= 0.3 is 6.03 Å². The summed E-state index contributed by atoms with van der Waals surface area (Å²) in [6.07, 6.45) is 1.98. The van der Waals surface area contributed by atoms with Gasteiger partial charge in [0.2, 0.25) is 0 Å². The number of halogens is 2. The van der Waals surface area contributed by atoms with Crippen LogP contribution in [0.1, 0.15) is 19.3 Å². The molecule has 2 fully saturated rings. The Balaban J connectivity index is 1.60. The van der Waals surface area contributed by atoms with Gasteiger partial charge in [-0.1, -0.05) is 6.07 Å². The number of para-hydroxylation sites is 1. The topological polar surface area (TPSA) is 50.8 Å². The lowest BCUT2D eigenvalue weighted by Gasteiger charge is -2.43. The number of urea groups is 1. The normalized spacial score (nSPS) is 20.9. The molecule has 2 aliphatic heterocycles. The summed E-state index contributed by atoms with van der Waals surface area (Å²) in [6, 6.07) is 2.94. The number of piperidine rings is 1. The van der Waals surface area contributed by atoms with Crippen molar-refractivity contribution in [2.75, 3.05) is 31.6 Å². The molecular weight excluding hydrogens is 294 g/mol. The maximum atomic E-state index is 13.6. The molecule has 120 valence electrons. The van der Waals surface area contributed by atoms with Gasteiger partial charge in [0.1, 0.15) is 17.3 Å². The fourth-order valence-corrected chi connectivity index (χ4v) is 2.76. The number of rotatable bonds is 1. The van der Waals surface area contributed by atoms with Gasteiger partial charge in [-0.25, -0.2) is 13.6 Å². The second-order valence-electron chi connectivity index (χ2n) is 5.48. The van der Waals surface area contributed by atoms with Crippen LogP contribution in [0.3, 0.4) is 0 Å². The number of hydrogen-bond acceptors (Lipinski definition) is 3. The van der Waals surface area contributed by atoms with Gasteiger partial charge in [0.15, 0.2) is 5.79 Å². The standard InChI is InChI=1S/C15H18F2N2O3/c16-11-3-1-4-12(17)13(11)18-14(20)19-7-5-15(6-8-19)21-9-2-10-22-15/h1,3-4H,2,5-10H2,(H,18,20). The van der Waals surface area contributed by atoms with Gasteiger partial charge in [0.05, 0.1) is 13.2 Å². The van der Waals surface area contributed by atoms with Crippen LogP contribution in [0.2, 0.25) is 0 Å². The molecule has 1 aromatic carbocycles. The van der Waals surface area contributed by atoms with Crippen molar-refractivity contribution in [1.82, 2.24) is 4.90 Å². The Labute approximate surface area is 127 Å². The summed E-state index contributed by atoms with van der Waals surface area (Å²) in [5.41, 5.74) is -0.419. The number of benzene rings is 1. The zero-order chi connectivity index (χ0) is 15.6. The summed E-state index contributed by atoms with van der Waals surface area (Å²) >= 11 is 0. The molecule has 0 saturated carbocycles. The summed E-state index contributed by atoms with van der Waals surface area (Å²) in [5, 5.41) is 2.29. The van der Waals surface area contributed by atoms with E-state index in [9.17, 15) is 13.6 Å². The van der Waals surface area contributed by atoms with Crippen molar-refractivity contribution in [3.63, 3.8) is 0 Å². The van der Waals surface area contributed by atoms with E-state index < -0.39 is 29.1 Å². The van der Waals surface area contributed by atoms with Crippen LogP contribution in [0.4, 0.5) is 19.3 Å². The first-order valence-corrected chi connectivity index (χ1v) is 7.37. The molecule has 0 aromatic heterocycles. The predicted octanol–water partition coefficient (Wildman–Crippen LogP) is 2.73. The molecule has 0 aliphatic carbocycles. The third-order valence-corrected chi connectivity index (χ3v) is 4.03. The summed E-state index contributed by atoms with van der Waals surface area (Å²) < 4.78 is 38.5. The fraction of sp³-hybridized carbons (Fsp3) is 0.533. The van der Waals surface area contributed by atoms with Crippen LogP contribution in [0.5, 0.6) is 0 Å². The second kappa shape index (κ2) is 6.18. The van der Waals surface area contributed by atoms with Crippen molar-refractivity contribution in [3.8, 4) is 0 Å². The van der Waals surface area contributed by atoms with Gasteiger partial charge in [0.25, 0.3) is 0 Å². The van der Waals surface area contributed by atoms with Crippen molar-refractivity contribution in [1.29, 1.82) is 0 Å². The Morgan fingerprint density at radius 2 is 1.73 bits per heavy atom. The summed E-state index contributed by atoms with van der Waals surface area (Å²) in [5.74, 6) is -2.18. The van der Waals surface area contributed by atoms with E-state index in [0.717, 1.165) is 18.6 Å². The molecule has 1 N–H and O–H groups in total. The van der Waals surface area contributed by atoms with Crippen molar-refractivity contribution < 1.29 is 23.0 Å². The van der Waals surface area contributed by atoms with Gasteiger partial charge in [-0.05, 0) is 18.6 Å². The van der Waals surface area contributed by atoms with Crippen LogP contribution >= 0.6 is 0 Å². The Kier molecular flexibility index (Phi) is 4.26. The van der Waals surface area contributed by atoms with E-state index in [-0.39, 0.29) is 0 Å². The van der Waals surface area contributed by atoms with E-state index in [1.54, 1.807) is 0 Å². The van der Waals surface area contributed by atoms with Gasteiger partial charge in [-0.3, -0.25) is 0 Å². The number of anilines is 1. The van der Waals surface area contributed by atoms with E-state index in [4.69, 9.17) is 9.47 Å². The number of nitrogens with one attached hydrogen (secondary N) is 1. The molecule has 2 amide bonds. The Morgan fingerprint density at radius 1 is 1.14 bits per heavy atom. The van der Waals surface area contributed by atoms with Crippen LogP contribution < -0.4 is 5.32 Å². The van der Waals surface area contributed by atoms with Gasteiger partial charge in [-0.15, -0.1) is 0 Å². The molecule has 2 saturated heterocycles. The highest BCUT2D eigenvalue weighted by Crippen LogP contribution is 2.31. The molecule has 0 bridgehead atoms. The number of carbonyl (C=O) groups excluding carboxylic acids is 1. The predicted molar refractivity (Wildman–Crippen MR) is 75.4 cm³/mol. The van der Waals surface area contributed by atoms with Crippen molar-refractivity contribution in [2.24, 2.45) is 0 Å². The van der Waals surface area contributed by atoms with Gasteiger partial charge in [-0.2, -0.15) is 0 Å². The molecule has 2 heterocycles. The lowest BCUT2D eigenvalue weighted by Crippen LogP contribution is -2.52. The molecule has 1 spiro atoms. The van der Waals surface area contributed by atoms with Crippen molar-refractivity contribution in [2.45, 2.75) is 25.0 Å². The highest BCUT2D eigenvalue weighted by Gasteiger charge is 2.39. The zero-order valence-electron chi connectivity index (χ0n) is 12.1. The number of ether oxygens (including phenoxy) is 2. The van der Waals surface area contributed by atoms with Crippen LogP contribution in [0.15, 0.2) is 18.2 Å². The minimum atomic E-state index is -0.791. The smallest absolute Gasteiger partial charge is 0.322 e. The van der Waals surface area contributed by atoms with Gasteiger partial charge in [0, 0.05) is 25.9 Å². The summed E-state index contributed by atoms with van der Waals surface area (Å²) in [7, 11) is 0. The third kappa shape index (κ3) is 3.05. The number of hydrogen-bond donors (Lipinski definition) is 1. The lowest BCUT2D eigenvalue weighted by molar-refractivity contribution is -0.281. The number of likely N-dealkylation sites (tertiary alicyclic amines) is 1. The molecule has 0 atom stereocenters. The van der Waals surface area contributed by atoms with Gasteiger partial charge < -0.3 is 19.7 Å². The highest BCUT2D eigenvalue weighted by molar-refractivity contribution is 5.89. The highest BCUT2D eigenvalue weighted by atomic mass is 19.1. The van der Waals surface area contributed by atoms with E-state index in [0.29, 0.717) is 39.1 Å². The first-order valence-electron chi connectivity index (χ1n) is 7.37. The average molecular weight is 312 g/mol. The Morgan fingerprint density at radius 3 is 2.32 bits per heavy atom. The first kappa shape index (κ1) is 15.2. The lowest BCUT2D eigenvalue weighted by atomic mass is 10.0. The monoisotopic (exact) mass is 312 g/mol.